The molecule has 0 aliphatic carbocycles. The summed E-state index contributed by atoms with van der Waals surface area (Å²) in [5.41, 5.74) is 0. The fourth-order valence-corrected chi connectivity index (χ4v) is 1.51. The lowest BCUT2D eigenvalue weighted by Gasteiger charge is -2.13. The SMILES string of the molecule is OC(Cc1ccco1)CC1OCCO1. The number of hydrogen-bond acceptors (Lipinski definition) is 4. The van der Waals surface area contributed by atoms with E-state index in [1.807, 2.05) is 12.1 Å². The molecule has 1 aromatic heterocycles. The molecular weight excluding hydrogens is 184 g/mol. The predicted molar refractivity (Wildman–Crippen MR) is 48.7 cm³/mol. The Bertz CT molecular complexity index is 251. The van der Waals surface area contributed by atoms with Crippen LogP contribution in [0.2, 0.25) is 0 Å². The molecule has 1 N–H and O–H groups in total. The van der Waals surface area contributed by atoms with Crippen LogP contribution >= 0.6 is 0 Å². The Hall–Kier alpha value is -0.840. The molecule has 0 bridgehead atoms. The molecule has 1 aliphatic heterocycles. The highest BCUT2D eigenvalue weighted by atomic mass is 16.7. The van der Waals surface area contributed by atoms with E-state index in [-0.39, 0.29) is 6.29 Å². The summed E-state index contributed by atoms with van der Waals surface area (Å²) in [7, 11) is 0. The summed E-state index contributed by atoms with van der Waals surface area (Å²) >= 11 is 0. The summed E-state index contributed by atoms with van der Waals surface area (Å²) in [6, 6.07) is 3.66. The van der Waals surface area contributed by atoms with Gasteiger partial charge in [0.05, 0.1) is 25.6 Å². The molecule has 1 atom stereocenters. The topological polar surface area (TPSA) is 51.8 Å². The predicted octanol–water partition coefficient (Wildman–Crippen LogP) is 0.946. The highest BCUT2D eigenvalue weighted by Crippen LogP contribution is 2.13. The molecule has 2 rings (SSSR count). The van der Waals surface area contributed by atoms with E-state index in [0.717, 1.165) is 5.76 Å². The second-order valence-corrected chi connectivity index (χ2v) is 3.34. The van der Waals surface area contributed by atoms with E-state index in [2.05, 4.69) is 0 Å². The van der Waals surface area contributed by atoms with Crippen molar-refractivity contribution < 1.29 is 19.0 Å². The molecule has 4 heteroatoms. The van der Waals surface area contributed by atoms with Crippen molar-refractivity contribution in [1.29, 1.82) is 0 Å². The molecule has 4 nitrogen and oxygen atoms in total. The van der Waals surface area contributed by atoms with Crippen LogP contribution in [0.15, 0.2) is 22.8 Å². The van der Waals surface area contributed by atoms with Crippen LogP contribution in [0.5, 0.6) is 0 Å². The number of aliphatic hydroxyl groups excluding tert-OH is 1. The minimum Gasteiger partial charge on any atom is -0.469 e. The quantitative estimate of drug-likeness (QED) is 0.782. The zero-order valence-corrected chi connectivity index (χ0v) is 7.89. The van der Waals surface area contributed by atoms with Gasteiger partial charge in [0.25, 0.3) is 0 Å². The normalized spacial score (nSPS) is 20.1. The van der Waals surface area contributed by atoms with Gasteiger partial charge in [-0.3, -0.25) is 0 Å². The third kappa shape index (κ3) is 2.57. The number of hydrogen-bond donors (Lipinski definition) is 1. The molecule has 1 unspecified atom stereocenters. The van der Waals surface area contributed by atoms with Gasteiger partial charge in [-0.15, -0.1) is 0 Å². The van der Waals surface area contributed by atoms with Crippen LogP contribution in [0, 0.1) is 0 Å². The zero-order chi connectivity index (χ0) is 9.80. The lowest BCUT2D eigenvalue weighted by atomic mass is 10.1. The molecule has 0 spiro atoms. The van der Waals surface area contributed by atoms with E-state index in [4.69, 9.17) is 13.9 Å². The van der Waals surface area contributed by atoms with Gasteiger partial charge >= 0.3 is 0 Å². The summed E-state index contributed by atoms with van der Waals surface area (Å²) in [6.45, 7) is 1.25. The van der Waals surface area contributed by atoms with E-state index in [9.17, 15) is 5.11 Å². The Morgan fingerprint density at radius 3 is 2.86 bits per heavy atom. The maximum Gasteiger partial charge on any atom is 0.160 e. The third-order valence-electron chi connectivity index (χ3n) is 2.17. The van der Waals surface area contributed by atoms with Gasteiger partial charge in [-0.05, 0) is 12.1 Å². The zero-order valence-electron chi connectivity index (χ0n) is 7.89. The Morgan fingerprint density at radius 2 is 2.21 bits per heavy atom. The lowest BCUT2D eigenvalue weighted by molar-refractivity contribution is -0.0703. The Labute approximate surface area is 82.4 Å². The second-order valence-electron chi connectivity index (χ2n) is 3.34. The number of rotatable bonds is 4. The first kappa shape index (κ1) is 9.71. The molecule has 1 saturated heterocycles. The summed E-state index contributed by atoms with van der Waals surface area (Å²) in [5.74, 6) is 0.787. The van der Waals surface area contributed by atoms with Crippen LogP contribution in [0.3, 0.4) is 0 Å². The molecule has 1 aliphatic rings. The molecule has 0 amide bonds. The van der Waals surface area contributed by atoms with E-state index < -0.39 is 6.10 Å². The maximum atomic E-state index is 9.66. The monoisotopic (exact) mass is 198 g/mol. The van der Waals surface area contributed by atoms with Gasteiger partial charge in [0.15, 0.2) is 6.29 Å². The summed E-state index contributed by atoms with van der Waals surface area (Å²) < 4.78 is 15.6. The fourth-order valence-electron chi connectivity index (χ4n) is 1.51. The van der Waals surface area contributed by atoms with Gasteiger partial charge in [0.2, 0.25) is 0 Å². The lowest BCUT2D eigenvalue weighted by Crippen LogP contribution is -2.20. The minimum absolute atomic E-state index is 0.250. The van der Waals surface area contributed by atoms with Crippen molar-refractivity contribution in [2.75, 3.05) is 13.2 Å². The van der Waals surface area contributed by atoms with Crippen molar-refractivity contribution in [3.8, 4) is 0 Å². The van der Waals surface area contributed by atoms with Crippen molar-refractivity contribution in [2.24, 2.45) is 0 Å². The van der Waals surface area contributed by atoms with Gasteiger partial charge in [-0.25, -0.2) is 0 Å². The van der Waals surface area contributed by atoms with Crippen LogP contribution < -0.4 is 0 Å². The van der Waals surface area contributed by atoms with E-state index >= 15 is 0 Å². The first-order valence-electron chi connectivity index (χ1n) is 4.78. The molecule has 0 saturated carbocycles. The van der Waals surface area contributed by atoms with E-state index in [1.165, 1.54) is 0 Å². The fraction of sp³-hybridized carbons (Fsp3) is 0.600. The summed E-state index contributed by atoms with van der Waals surface area (Å²) in [6.07, 6.45) is 1.89. The highest BCUT2D eigenvalue weighted by molar-refractivity contribution is 4.99. The standard InChI is InChI=1S/C10H14O4/c11-8(6-9-2-1-3-12-9)7-10-13-4-5-14-10/h1-3,8,10-11H,4-7H2. The number of furan rings is 1. The Kier molecular flexibility index (Phi) is 3.18. The molecule has 2 heterocycles. The Morgan fingerprint density at radius 1 is 1.43 bits per heavy atom. The van der Waals surface area contributed by atoms with E-state index in [0.29, 0.717) is 26.1 Å². The van der Waals surface area contributed by atoms with E-state index in [1.54, 1.807) is 6.26 Å². The van der Waals surface area contributed by atoms with Crippen LogP contribution in [0.4, 0.5) is 0 Å². The summed E-state index contributed by atoms with van der Waals surface area (Å²) in [5, 5.41) is 9.66. The van der Waals surface area contributed by atoms with Gasteiger partial charge in [-0.1, -0.05) is 0 Å². The molecule has 1 aromatic rings. The van der Waals surface area contributed by atoms with Crippen molar-refractivity contribution in [2.45, 2.75) is 25.2 Å². The average molecular weight is 198 g/mol. The largest absolute Gasteiger partial charge is 0.469 e. The molecule has 78 valence electrons. The molecule has 0 radical (unpaired) electrons. The maximum absolute atomic E-state index is 9.66. The van der Waals surface area contributed by atoms with Crippen LogP contribution in [0.1, 0.15) is 12.2 Å². The smallest absolute Gasteiger partial charge is 0.160 e. The molecule has 1 fully saturated rings. The Balaban J connectivity index is 1.75. The number of ether oxygens (including phenoxy) is 2. The van der Waals surface area contributed by atoms with Gasteiger partial charge < -0.3 is 19.0 Å². The average Bonchev–Trinajstić information content (AvgIpc) is 2.76. The minimum atomic E-state index is -0.468. The first-order valence-corrected chi connectivity index (χ1v) is 4.78. The third-order valence-corrected chi connectivity index (χ3v) is 2.17. The first-order chi connectivity index (χ1) is 6.84. The molecular formula is C10H14O4. The molecule has 14 heavy (non-hydrogen) atoms. The molecule has 0 aromatic carbocycles. The van der Waals surface area contributed by atoms with Crippen molar-refractivity contribution in [3.63, 3.8) is 0 Å². The number of aliphatic hydroxyl groups is 1. The summed E-state index contributed by atoms with van der Waals surface area (Å²) in [4.78, 5) is 0. The van der Waals surface area contributed by atoms with Gasteiger partial charge in [0, 0.05) is 12.8 Å². The highest BCUT2D eigenvalue weighted by Gasteiger charge is 2.20. The van der Waals surface area contributed by atoms with Crippen LogP contribution in [0.25, 0.3) is 0 Å². The van der Waals surface area contributed by atoms with Crippen molar-refractivity contribution in [1.82, 2.24) is 0 Å². The van der Waals surface area contributed by atoms with Crippen LogP contribution in [-0.4, -0.2) is 30.7 Å². The van der Waals surface area contributed by atoms with Crippen molar-refractivity contribution >= 4 is 0 Å². The van der Waals surface area contributed by atoms with Gasteiger partial charge in [-0.2, -0.15) is 0 Å². The second kappa shape index (κ2) is 4.59. The van der Waals surface area contributed by atoms with Crippen LogP contribution in [-0.2, 0) is 15.9 Å². The van der Waals surface area contributed by atoms with Crippen molar-refractivity contribution in [3.05, 3.63) is 24.2 Å². The van der Waals surface area contributed by atoms with Gasteiger partial charge in [0.1, 0.15) is 5.76 Å².